The molecule has 0 saturated carbocycles. The van der Waals surface area contributed by atoms with Gasteiger partial charge in [0.15, 0.2) is 16.6 Å². The van der Waals surface area contributed by atoms with Crippen LogP contribution in [0.25, 0.3) is 16.3 Å². The maximum absolute atomic E-state index is 13.0. The molecule has 2 amide bonds. The Kier molecular flexibility index (Phi) is 6.82. The van der Waals surface area contributed by atoms with Gasteiger partial charge < -0.3 is 19.5 Å². The molecule has 1 N–H and O–H groups in total. The molecule has 0 radical (unpaired) electrons. The zero-order valence-corrected chi connectivity index (χ0v) is 20.4. The first-order valence-electron chi connectivity index (χ1n) is 9.64. The topological polar surface area (TPSA) is 90.0 Å². The fraction of sp³-hybridized carbons (Fsp3) is 0.182. The van der Waals surface area contributed by atoms with E-state index in [1.807, 2.05) is 24.3 Å². The normalized spacial score (nSPS) is 14.8. The summed E-state index contributed by atoms with van der Waals surface area (Å²) < 4.78 is 17.3. The van der Waals surface area contributed by atoms with E-state index in [0.29, 0.717) is 37.2 Å². The van der Waals surface area contributed by atoms with Crippen LogP contribution in [0.2, 0.25) is 0 Å². The van der Waals surface area contributed by atoms with Crippen LogP contribution in [0.15, 0.2) is 41.3 Å². The van der Waals surface area contributed by atoms with Crippen LogP contribution >= 0.6 is 35.3 Å². The first kappa shape index (κ1) is 23.0. The van der Waals surface area contributed by atoms with E-state index in [0.717, 1.165) is 22.0 Å². The number of hydrogen-bond acceptors (Lipinski definition) is 9. The van der Waals surface area contributed by atoms with Gasteiger partial charge in [-0.25, -0.2) is 4.98 Å². The summed E-state index contributed by atoms with van der Waals surface area (Å²) in [5.41, 5.74) is 1.47. The van der Waals surface area contributed by atoms with E-state index in [4.69, 9.17) is 26.4 Å². The van der Waals surface area contributed by atoms with Gasteiger partial charge in [0.1, 0.15) is 10.9 Å². The standard InChI is InChI=1S/C22H19N3O5S3/c1-28-14-8-12(9-15(29-2)19(14)30-3)10-17-20(27)25(22(31)33-17)11-18(26)24-21-23-13-6-4-5-7-16(13)32-21/h4-10H,11H2,1-3H3,(H,23,24,26). The number of nitrogens with zero attached hydrogens (tertiary/aromatic N) is 2. The summed E-state index contributed by atoms with van der Waals surface area (Å²) in [6.45, 7) is -0.201. The summed E-state index contributed by atoms with van der Waals surface area (Å²) in [5, 5.41) is 3.22. The van der Waals surface area contributed by atoms with Crippen molar-refractivity contribution in [2.75, 3.05) is 33.2 Å². The Bertz CT molecular complexity index is 1230. The Morgan fingerprint density at radius 2 is 1.85 bits per heavy atom. The average molecular weight is 502 g/mol. The van der Waals surface area contributed by atoms with E-state index >= 15 is 0 Å². The predicted octanol–water partition coefficient (Wildman–Crippen LogP) is 4.16. The average Bonchev–Trinajstić information content (AvgIpc) is 3.33. The highest BCUT2D eigenvalue weighted by molar-refractivity contribution is 8.26. The zero-order valence-electron chi connectivity index (χ0n) is 17.9. The van der Waals surface area contributed by atoms with Gasteiger partial charge in [-0.2, -0.15) is 0 Å². The van der Waals surface area contributed by atoms with E-state index in [1.165, 1.54) is 37.6 Å². The molecule has 0 aliphatic carbocycles. The number of anilines is 1. The number of thiocarbonyl (C=S) groups is 1. The van der Waals surface area contributed by atoms with Crippen molar-refractivity contribution in [1.29, 1.82) is 0 Å². The lowest BCUT2D eigenvalue weighted by Crippen LogP contribution is -2.36. The number of hydrogen-bond donors (Lipinski definition) is 1. The highest BCUT2D eigenvalue weighted by Crippen LogP contribution is 2.40. The second-order valence-electron chi connectivity index (χ2n) is 6.76. The third-order valence-electron chi connectivity index (χ3n) is 4.70. The highest BCUT2D eigenvalue weighted by Gasteiger charge is 2.33. The quantitative estimate of drug-likeness (QED) is 0.381. The van der Waals surface area contributed by atoms with E-state index in [2.05, 4.69) is 10.3 Å². The van der Waals surface area contributed by atoms with Gasteiger partial charge >= 0.3 is 0 Å². The molecule has 1 saturated heterocycles. The monoisotopic (exact) mass is 501 g/mol. The van der Waals surface area contributed by atoms with Crippen molar-refractivity contribution < 1.29 is 23.8 Å². The van der Waals surface area contributed by atoms with Crippen LogP contribution in [-0.4, -0.2) is 53.9 Å². The van der Waals surface area contributed by atoms with Crippen LogP contribution in [0.5, 0.6) is 17.2 Å². The number of amides is 2. The predicted molar refractivity (Wildman–Crippen MR) is 134 cm³/mol. The van der Waals surface area contributed by atoms with Crippen LogP contribution in [0.4, 0.5) is 5.13 Å². The Morgan fingerprint density at radius 1 is 1.15 bits per heavy atom. The van der Waals surface area contributed by atoms with Gasteiger partial charge in [0, 0.05) is 0 Å². The van der Waals surface area contributed by atoms with Gasteiger partial charge in [-0.15, -0.1) is 0 Å². The van der Waals surface area contributed by atoms with Crippen LogP contribution in [0.1, 0.15) is 5.56 Å². The molecule has 1 aliphatic heterocycles. The molecule has 0 bridgehead atoms. The van der Waals surface area contributed by atoms with Crippen molar-refractivity contribution in [3.8, 4) is 17.2 Å². The van der Waals surface area contributed by atoms with Crippen molar-refractivity contribution in [2.24, 2.45) is 0 Å². The number of carbonyl (C=O) groups excluding carboxylic acids is 2. The Labute approximate surface area is 203 Å². The summed E-state index contributed by atoms with van der Waals surface area (Å²) in [6.07, 6.45) is 1.68. The molecule has 4 rings (SSSR count). The van der Waals surface area contributed by atoms with E-state index in [1.54, 1.807) is 18.2 Å². The van der Waals surface area contributed by atoms with Gasteiger partial charge in [0.05, 0.1) is 36.5 Å². The third kappa shape index (κ3) is 4.80. The highest BCUT2D eigenvalue weighted by atomic mass is 32.2. The number of thiazole rings is 1. The molecule has 0 spiro atoms. The molecule has 1 fully saturated rings. The molecule has 8 nitrogen and oxygen atoms in total. The first-order valence-corrected chi connectivity index (χ1v) is 11.7. The van der Waals surface area contributed by atoms with E-state index in [-0.39, 0.29) is 18.4 Å². The minimum Gasteiger partial charge on any atom is -0.493 e. The number of ether oxygens (including phenoxy) is 3. The smallest absolute Gasteiger partial charge is 0.266 e. The van der Waals surface area contributed by atoms with Gasteiger partial charge in [0.2, 0.25) is 11.7 Å². The van der Waals surface area contributed by atoms with Gasteiger partial charge in [-0.3, -0.25) is 14.5 Å². The number of benzene rings is 2. The summed E-state index contributed by atoms with van der Waals surface area (Å²) in [5.74, 6) is 0.663. The molecule has 33 heavy (non-hydrogen) atoms. The number of thioether (sulfide) groups is 1. The second kappa shape index (κ2) is 9.77. The van der Waals surface area contributed by atoms with Crippen molar-refractivity contribution in [3.63, 3.8) is 0 Å². The molecule has 0 unspecified atom stereocenters. The summed E-state index contributed by atoms with van der Waals surface area (Å²) in [6, 6.07) is 11.1. The number of rotatable bonds is 7. The maximum atomic E-state index is 13.0. The van der Waals surface area contributed by atoms with Crippen molar-refractivity contribution in [1.82, 2.24) is 9.88 Å². The van der Waals surface area contributed by atoms with Crippen LogP contribution in [0.3, 0.4) is 0 Å². The minimum atomic E-state index is -0.376. The fourth-order valence-corrected chi connectivity index (χ4v) is 5.34. The van der Waals surface area contributed by atoms with Crippen LogP contribution in [-0.2, 0) is 9.59 Å². The van der Waals surface area contributed by atoms with E-state index < -0.39 is 0 Å². The van der Waals surface area contributed by atoms with Crippen LogP contribution < -0.4 is 19.5 Å². The lowest BCUT2D eigenvalue weighted by atomic mass is 10.1. The van der Waals surface area contributed by atoms with Crippen LogP contribution in [0, 0.1) is 0 Å². The van der Waals surface area contributed by atoms with Crippen molar-refractivity contribution in [3.05, 3.63) is 46.9 Å². The summed E-state index contributed by atoms with van der Waals surface area (Å²) in [7, 11) is 4.56. The molecule has 2 heterocycles. The van der Waals surface area contributed by atoms with Gasteiger partial charge in [0.25, 0.3) is 5.91 Å². The van der Waals surface area contributed by atoms with Crippen molar-refractivity contribution >= 4 is 72.9 Å². The summed E-state index contributed by atoms with van der Waals surface area (Å²) >= 11 is 7.84. The summed E-state index contributed by atoms with van der Waals surface area (Å²) in [4.78, 5) is 31.6. The van der Waals surface area contributed by atoms with Gasteiger partial charge in [-0.1, -0.05) is 47.4 Å². The molecule has 1 aromatic heterocycles. The molecule has 0 atom stereocenters. The van der Waals surface area contributed by atoms with E-state index in [9.17, 15) is 9.59 Å². The Hall–Kier alpha value is -3.15. The second-order valence-corrected chi connectivity index (χ2v) is 9.47. The zero-order chi connectivity index (χ0) is 23.5. The molecular formula is C22H19N3O5S3. The van der Waals surface area contributed by atoms with Gasteiger partial charge in [-0.05, 0) is 35.9 Å². The molecule has 170 valence electrons. The maximum Gasteiger partial charge on any atom is 0.266 e. The number of carbonyl (C=O) groups is 2. The Morgan fingerprint density at radius 3 is 2.48 bits per heavy atom. The molecule has 11 heteroatoms. The molecule has 1 aliphatic rings. The fourth-order valence-electron chi connectivity index (χ4n) is 3.20. The number of aromatic nitrogens is 1. The van der Waals surface area contributed by atoms with Crippen molar-refractivity contribution in [2.45, 2.75) is 0 Å². The number of para-hydroxylation sites is 1. The number of fused-ring (bicyclic) bond motifs is 1. The molecular weight excluding hydrogens is 482 g/mol. The lowest BCUT2D eigenvalue weighted by molar-refractivity contribution is -0.126. The molecule has 2 aromatic carbocycles. The number of nitrogens with one attached hydrogen (secondary N) is 1. The minimum absolute atomic E-state index is 0.201. The molecule has 3 aromatic rings. The SMILES string of the molecule is COc1cc(C=C2SC(=S)N(CC(=O)Nc3nc4ccccc4s3)C2=O)cc(OC)c1OC. The Balaban J connectivity index is 1.50. The third-order valence-corrected chi connectivity index (χ3v) is 7.03. The lowest BCUT2D eigenvalue weighted by Gasteiger charge is -2.13. The first-order chi connectivity index (χ1) is 15.9. The number of methoxy groups -OCH3 is 3. The largest absolute Gasteiger partial charge is 0.493 e.